The Hall–Kier alpha value is -2.07. The van der Waals surface area contributed by atoms with Gasteiger partial charge in [0.15, 0.2) is 5.96 Å². The van der Waals surface area contributed by atoms with Gasteiger partial charge in [-0.2, -0.15) is 0 Å². The van der Waals surface area contributed by atoms with Crippen molar-refractivity contribution in [3.05, 3.63) is 53.7 Å². The van der Waals surface area contributed by atoms with Gasteiger partial charge in [0.1, 0.15) is 11.6 Å². The Morgan fingerprint density at radius 2 is 1.83 bits per heavy atom. The lowest BCUT2D eigenvalue weighted by Crippen LogP contribution is -2.45. The van der Waals surface area contributed by atoms with Crippen LogP contribution in [0.25, 0.3) is 0 Å². The van der Waals surface area contributed by atoms with Crippen LogP contribution in [-0.4, -0.2) is 69.8 Å². The summed E-state index contributed by atoms with van der Waals surface area (Å²) >= 11 is 0. The molecule has 0 amide bonds. The van der Waals surface area contributed by atoms with E-state index in [4.69, 9.17) is 4.74 Å². The summed E-state index contributed by atoms with van der Waals surface area (Å²) in [5.74, 6) is 2.75. The van der Waals surface area contributed by atoms with Crippen molar-refractivity contribution in [2.45, 2.75) is 13.0 Å². The molecular weight excluding hydrogens is 491 g/mol. The standard InChI is InChI=1S/C22H32N6O.HI/c1-23-22(25-12-10-18-6-8-20(29-3)9-7-18)26-17-19-5-4-11-24-21(19)28-15-13-27(2)14-16-28;/h4-9,11H,10,12-17H2,1-3H3,(H2,23,25,26);1H. The summed E-state index contributed by atoms with van der Waals surface area (Å²) in [5.41, 5.74) is 2.45. The van der Waals surface area contributed by atoms with Crippen LogP contribution in [0.15, 0.2) is 47.6 Å². The van der Waals surface area contributed by atoms with E-state index in [0.29, 0.717) is 6.54 Å². The normalized spacial score (nSPS) is 14.8. The second-order valence-electron chi connectivity index (χ2n) is 7.23. The summed E-state index contributed by atoms with van der Waals surface area (Å²) in [6.07, 6.45) is 2.79. The highest BCUT2D eigenvalue weighted by Crippen LogP contribution is 2.18. The van der Waals surface area contributed by atoms with E-state index >= 15 is 0 Å². The zero-order valence-electron chi connectivity index (χ0n) is 18.1. The second-order valence-corrected chi connectivity index (χ2v) is 7.23. The van der Waals surface area contributed by atoms with Crippen molar-refractivity contribution in [1.29, 1.82) is 0 Å². The number of guanidine groups is 1. The highest BCUT2D eigenvalue weighted by Gasteiger charge is 2.17. The lowest BCUT2D eigenvalue weighted by Gasteiger charge is -2.34. The molecule has 30 heavy (non-hydrogen) atoms. The number of aromatic nitrogens is 1. The quantitative estimate of drug-likeness (QED) is 0.330. The van der Waals surface area contributed by atoms with E-state index in [0.717, 1.165) is 56.7 Å². The van der Waals surface area contributed by atoms with Crippen LogP contribution in [0.4, 0.5) is 5.82 Å². The maximum atomic E-state index is 5.21. The van der Waals surface area contributed by atoms with Gasteiger partial charge in [-0.3, -0.25) is 4.99 Å². The Labute approximate surface area is 196 Å². The largest absolute Gasteiger partial charge is 0.497 e. The molecule has 2 heterocycles. The number of methoxy groups -OCH3 is 1. The predicted molar refractivity (Wildman–Crippen MR) is 134 cm³/mol. The van der Waals surface area contributed by atoms with Crippen LogP contribution in [0, 0.1) is 0 Å². The topological polar surface area (TPSA) is 65.0 Å². The SMILES string of the molecule is CN=C(NCCc1ccc(OC)cc1)NCc1cccnc1N1CCN(C)CC1.I. The Morgan fingerprint density at radius 1 is 1.10 bits per heavy atom. The third-order valence-electron chi connectivity index (χ3n) is 5.21. The lowest BCUT2D eigenvalue weighted by molar-refractivity contribution is 0.312. The van der Waals surface area contributed by atoms with E-state index in [1.807, 2.05) is 24.4 Å². The van der Waals surface area contributed by atoms with Crippen molar-refractivity contribution in [3.8, 4) is 5.75 Å². The number of benzene rings is 1. The maximum Gasteiger partial charge on any atom is 0.191 e. The van der Waals surface area contributed by atoms with Crippen molar-refractivity contribution < 1.29 is 4.74 Å². The average molecular weight is 524 g/mol. The van der Waals surface area contributed by atoms with Crippen molar-refractivity contribution in [1.82, 2.24) is 20.5 Å². The molecule has 1 aromatic carbocycles. The molecular formula is C22H33IN6O. The number of piperazine rings is 1. The van der Waals surface area contributed by atoms with E-state index < -0.39 is 0 Å². The Balaban J connectivity index is 0.00000320. The van der Waals surface area contributed by atoms with E-state index in [9.17, 15) is 0 Å². The third-order valence-corrected chi connectivity index (χ3v) is 5.21. The molecule has 3 rings (SSSR count). The van der Waals surface area contributed by atoms with E-state index in [2.05, 4.69) is 55.7 Å². The predicted octanol–water partition coefficient (Wildman–Crippen LogP) is 2.37. The van der Waals surface area contributed by atoms with Gasteiger partial charge in [-0.25, -0.2) is 4.98 Å². The number of hydrogen-bond acceptors (Lipinski definition) is 5. The second kappa shape index (κ2) is 12.6. The zero-order chi connectivity index (χ0) is 20.5. The van der Waals surface area contributed by atoms with Gasteiger partial charge in [-0.1, -0.05) is 18.2 Å². The molecule has 8 heteroatoms. The lowest BCUT2D eigenvalue weighted by atomic mass is 10.1. The maximum absolute atomic E-state index is 5.21. The summed E-state index contributed by atoms with van der Waals surface area (Å²) in [5, 5.41) is 6.81. The monoisotopic (exact) mass is 524 g/mol. The number of nitrogens with zero attached hydrogens (tertiary/aromatic N) is 4. The van der Waals surface area contributed by atoms with Crippen molar-refractivity contribution in [2.24, 2.45) is 4.99 Å². The molecule has 0 atom stereocenters. The first kappa shape index (κ1) is 24.2. The van der Waals surface area contributed by atoms with Gasteiger partial charge in [0.05, 0.1) is 7.11 Å². The first-order chi connectivity index (χ1) is 14.2. The van der Waals surface area contributed by atoms with E-state index in [-0.39, 0.29) is 24.0 Å². The minimum Gasteiger partial charge on any atom is -0.497 e. The summed E-state index contributed by atoms with van der Waals surface area (Å²) in [6, 6.07) is 12.3. The smallest absolute Gasteiger partial charge is 0.191 e. The number of aliphatic imine (C=N–C) groups is 1. The van der Waals surface area contributed by atoms with E-state index in [1.54, 1.807) is 14.2 Å². The van der Waals surface area contributed by atoms with Crippen LogP contribution >= 0.6 is 24.0 Å². The van der Waals surface area contributed by atoms with Crippen LogP contribution in [0.3, 0.4) is 0 Å². The number of pyridine rings is 1. The molecule has 0 radical (unpaired) electrons. The first-order valence-corrected chi connectivity index (χ1v) is 10.1. The summed E-state index contributed by atoms with van der Waals surface area (Å²) in [7, 11) is 5.65. The molecule has 2 aromatic rings. The molecule has 2 N–H and O–H groups in total. The molecule has 1 aliphatic rings. The van der Waals surface area contributed by atoms with Crippen LogP contribution in [0.5, 0.6) is 5.75 Å². The molecule has 0 unspecified atom stereocenters. The highest BCUT2D eigenvalue weighted by atomic mass is 127. The van der Waals surface area contributed by atoms with Crippen molar-refractivity contribution in [2.75, 3.05) is 58.8 Å². The molecule has 0 spiro atoms. The van der Waals surface area contributed by atoms with Crippen molar-refractivity contribution >= 4 is 35.8 Å². The molecule has 7 nitrogen and oxygen atoms in total. The molecule has 0 aliphatic carbocycles. The van der Waals surface area contributed by atoms with Gasteiger partial charge in [-0.05, 0) is 37.2 Å². The Bertz CT molecular complexity index is 790. The highest BCUT2D eigenvalue weighted by molar-refractivity contribution is 14.0. The van der Waals surface area contributed by atoms with Crippen LogP contribution in [0.1, 0.15) is 11.1 Å². The molecule has 1 saturated heterocycles. The van der Waals surface area contributed by atoms with Crippen LogP contribution in [-0.2, 0) is 13.0 Å². The van der Waals surface area contributed by atoms with Crippen molar-refractivity contribution in [3.63, 3.8) is 0 Å². The van der Waals surface area contributed by atoms with Gasteiger partial charge in [0.2, 0.25) is 0 Å². The zero-order valence-corrected chi connectivity index (χ0v) is 20.4. The van der Waals surface area contributed by atoms with Gasteiger partial charge in [-0.15, -0.1) is 24.0 Å². The fourth-order valence-electron chi connectivity index (χ4n) is 3.39. The van der Waals surface area contributed by atoms with Crippen LogP contribution in [0.2, 0.25) is 0 Å². The number of likely N-dealkylation sites (N-methyl/N-ethyl adjacent to an activating group) is 1. The number of ether oxygens (including phenoxy) is 1. The minimum atomic E-state index is 0. The fraction of sp³-hybridized carbons (Fsp3) is 0.455. The van der Waals surface area contributed by atoms with Crippen LogP contribution < -0.4 is 20.3 Å². The number of halogens is 1. The van der Waals surface area contributed by atoms with E-state index in [1.165, 1.54) is 11.1 Å². The van der Waals surface area contributed by atoms with Gasteiger partial charge in [0, 0.05) is 58.1 Å². The molecule has 1 fully saturated rings. The fourth-order valence-corrected chi connectivity index (χ4v) is 3.39. The Kier molecular flexibility index (Phi) is 10.2. The van der Waals surface area contributed by atoms with Gasteiger partial charge >= 0.3 is 0 Å². The molecule has 1 aromatic heterocycles. The summed E-state index contributed by atoms with van der Waals surface area (Å²) in [6.45, 7) is 5.66. The first-order valence-electron chi connectivity index (χ1n) is 10.1. The molecule has 0 bridgehead atoms. The molecule has 1 aliphatic heterocycles. The number of rotatable bonds is 7. The van der Waals surface area contributed by atoms with Gasteiger partial charge < -0.3 is 25.2 Å². The minimum absolute atomic E-state index is 0. The Morgan fingerprint density at radius 3 is 2.50 bits per heavy atom. The number of nitrogens with one attached hydrogen (secondary N) is 2. The third kappa shape index (κ3) is 7.02. The molecule has 0 saturated carbocycles. The number of hydrogen-bond donors (Lipinski definition) is 2. The summed E-state index contributed by atoms with van der Waals surface area (Å²) in [4.78, 5) is 13.7. The van der Waals surface area contributed by atoms with Gasteiger partial charge in [0.25, 0.3) is 0 Å². The summed E-state index contributed by atoms with van der Waals surface area (Å²) < 4.78 is 5.21. The molecule has 164 valence electrons. The average Bonchev–Trinajstić information content (AvgIpc) is 2.77. The number of anilines is 1.